The molecule has 0 bridgehead atoms. The molecule has 1 aliphatic heterocycles. The van der Waals surface area contributed by atoms with Crippen LogP contribution in [-0.2, 0) is 6.42 Å². The lowest BCUT2D eigenvalue weighted by molar-refractivity contribution is 0.191. The van der Waals surface area contributed by atoms with E-state index in [1.807, 2.05) is 23.1 Å². The number of ether oxygens (including phenoxy) is 1. The maximum atomic E-state index is 12.3. The Morgan fingerprint density at radius 1 is 1.15 bits per heavy atom. The molecule has 7 nitrogen and oxygen atoms in total. The van der Waals surface area contributed by atoms with E-state index in [-0.39, 0.29) is 6.03 Å². The van der Waals surface area contributed by atoms with Gasteiger partial charge in [-0.2, -0.15) is 0 Å². The molecule has 2 heterocycles. The first-order chi connectivity index (χ1) is 12.8. The largest absolute Gasteiger partial charge is 0.492 e. The second-order valence-corrected chi connectivity index (χ2v) is 6.10. The number of aromatic nitrogens is 2. The molecule has 0 spiro atoms. The molecule has 3 rings (SSSR count). The van der Waals surface area contributed by atoms with Gasteiger partial charge in [-0.25, -0.2) is 14.8 Å². The summed E-state index contributed by atoms with van der Waals surface area (Å²) in [6.45, 7) is 5.83. The molecule has 1 aromatic carbocycles. The summed E-state index contributed by atoms with van der Waals surface area (Å²) < 4.78 is 5.70. The van der Waals surface area contributed by atoms with E-state index < -0.39 is 0 Å². The van der Waals surface area contributed by atoms with Crippen LogP contribution in [-0.4, -0.2) is 60.2 Å². The third kappa shape index (κ3) is 4.84. The first-order valence-electron chi connectivity index (χ1n) is 9.02. The molecule has 0 atom stereocenters. The Bertz CT molecular complexity index is 702. The predicted molar refractivity (Wildman–Crippen MR) is 101 cm³/mol. The zero-order valence-corrected chi connectivity index (χ0v) is 15.1. The first-order valence-corrected chi connectivity index (χ1v) is 9.02. The number of carbonyl (C=O) groups is 1. The monoisotopic (exact) mass is 355 g/mol. The number of nitrogens with zero attached hydrogens (tertiary/aromatic N) is 4. The van der Waals surface area contributed by atoms with Crippen molar-refractivity contribution in [3.63, 3.8) is 0 Å². The molecule has 2 aromatic rings. The van der Waals surface area contributed by atoms with E-state index in [1.54, 1.807) is 18.5 Å². The fourth-order valence-electron chi connectivity index (χ4n) is 2.86. The van der Waals surface area contributed by atoms with Crippen LogP contribution in [0.2, 0.25) is 0 Å². The normalized spacial score (nSPS) is 14.2. The van der Waals surface area contributed by atoms with Gasteiger partial charge in [0.2, 0.25) is 5.95 Å². The third-order valence-electron chi connectivity index (χ3n) is 4.36. The lowest BCUT2D eigenvalue weighted by Gasteiger charge is -2.34. The van der Waals surface area contributed by atoms with Gasteiger partial charge in [-0.3, -0.25) is 0 Å². The highest BCUT2D eigenvalue weighted by Crippen LogP contribution is 2.13. The number of benzene rings is 1. The van der Waals surface area contributed by atoms with Gasteiger partial charge in [0.05, 0.1) is 6.54 Å². The highest BCUT2D eigenvalue weighted by Gasteiger charge is 2.22. The van der Waals surface area contributed by atoms with Crippen molar-refractivity contribution in [1.29, 1.82) is 0 Å². The number of anilines is 1. The average Bonchev–Trinajstić information content (AvgIpc) is 2.72. The Morgan fingerprint density at radius 3 is 2.65 bits per heavy atom. The van der Waals surface area contributed by atoms with E-state index in [0.29, 0.717) is 26.2 Å². The number of carbonyl (C=O) groups excluding carboxylic acids is 1. The van der Waals surface area contributed by atoms with Gasteiger partial charge in [0.15, 0.2) is 0 Å². The quantitative estimate of drug-likeness (QED) is 0.802. The van der Waals surface area contributed by atoms with Gasteiger partial charge in [0, 0.05) is 38.6 Å². The van der Waals surface area contributed by atoms with E-state index in [2.05, 4.69) is 33.2 Å². The molecular weight excluding hydrogens is 330 g/mol. The van der Waals surface area contributed by atoms with E-state index in [4.69, 9.17) is 4.74 Å². The van der Waals surface area contributed by atoms with Crippen molar-refractivity contribution in [3.05, 3.63) is 48.3 Å². The third-order valence-corrected chi connectivity index (χ3v) is 4.36. The van der Waals surface area contributed by atoms with Crippen LogP contribution in [0, 0.1) is 0 Å². The number of hydrogen-bond donors (Lipinski definition) is 1. The molecule has 1 fully saturated rings. The summed E-state index contributed by atoms with van der Waals surface area (Å²) in [5, 5.41) is 2.92. The number of hydrogen-bond acceptors (Lipinski definition) is 5. The highest BCUT2D eigenvalue weighted by atomic mass is 16.5. The number of nitrogens with one attached hydrogen (secondary N) is 1. The Hall–Kier alpha value is -2.83. The Morgan fingerprint density at radius 2 is 1.92 bits per heavy atom. The van der Waals surface area contributed by atoms with Crippen LogP contribution in [0.4, 0.5) is 10.7 Å². The molecule has 1 aromatic heterocycles. The standard InChI is InChI=1S/C19H25N5O2/c1-2-16-5-3-6-17(15-16)26-14-9-22-19(25)24-12-10-23(11-13-24)18-20-7-4-8-21-18/h3-8,15H,2,9-14H2,1H3,(H,22,25). The molecule has 7 heteroatoms. The minimum absolute atomic E-state index is 0.0514. The van der Waals surface area contributed by atoms with Crippen LogP contribution in [0.5, 0.6) is 5.75 Å². The van der Waals surface area contributed by atoms with Crippen molar-refractivity contribution in [3.8, 4) is 5.75 Å². The summed E-state index contributed by atoms with van der Waals surface area (Å²) in [7, 11) is 0. The van der Waals surface area contributed by atoms with Crippen LogP contribution in [0.1, 0.15) is 12.5 Å². The van der Waals surface area contributed by atoms with E-state index in [1.165, 1.54) is 5.56 Å². The number of piperazine rings is 1. The number of amides is 2. The number of aryl methyl sites for hydroxylation is 1. The molecule has 1 N–H and O–H groups in total. The molecular formula is C19H25N5O2. The first kappa shape index (κ1) is 18.0. The van der Waals surface area contributed by atoms with E-state index in [9.17, 15) is 4.79 Å². The van der Waals surface area contributed by atoms with Crippen LogP contribution in [0.15, 0.2) is 42.7 Å². The fraction of sp³-hybridized carbons (Fsp3) is 0.421. The van der Waals surface area contributed by atoms with Crippen molar-refractivity contribution in [2.24, 2.45) is 0 Å². The van der Waals surface area contributed by atoms with E-state index in [0.717, 1.165) is 31.2 Å². The van der Waals surface area contributed by atoms with Gasteiger partial charge < -0.3 is 19.9 Å². The molecule has 0 aliphatic carbocycles. The number of rotatable bonds is 6. The van der Waals surface area contributed by atoms with Crippen LogP contribution in [0.3, 0.4) is 0 Å². The maximum Gasteiger partial charge on any atom is 0.317 e. The second-order valence-electron chi connectivity index (χ2n) is 6.10. The van der Waals surface area contributed by atoms with Crippen molar-refractivity contribution in [2.45, 2.75) is 13.3 Å². The van der Waals surface area contributed by atoms with Gasteiger partial charge in [-0.15, -0.1) is 0 Å². The summed E-state index contributed by atoms with van der Waals surface area (Å²) in [6, 6.07) is 9.79. The lowest BCUT2D eigenvalue weighted by atomic mass is 10.2. The summed E-state index contributed by atoms with van der Waals surface area (Å²) in [5.41, 5.74) is 1.24. The SMILES string of the molecule is CCc1cccc(OCCNC(=O)N2CCN(c3ncccn3)CC2)c1. The van der Waals surface area contributed by atoms with Gasteiger partial charge in [0.25, 0.3) is 0 Å². The topological polar surface area (TPSA) is 70.6 Å². The molecule has 2 amide bonds. The van der Waals surface area contributed by atoms with Crippen LogP contribution >= 0.6 is 0 Å². The molecule has 138 valence electrons. The molecule has 1 saturated heterocycles. The molecule has 0 saturated carbocycles. The van der Waals surface area contributed by atoms with Crippen LogP contribution < -0.4 is 15.0 Å². The minimum atomic E-state index is -0.0514. The zero-order chi connectivity index (χ0) is 18.2. The summed E-state index contributed by atoms with van der Waals surface area (Å²) in [5.74, 6) is 1.56. The Balaban J connectivity index is 1.36. The molecule has 1 aliphatic rings. The van der Waals surface area contributed by atoms with Gasteiger partial charge >= 0.3 is 6.03 Å². The van der Waals surface area contributed by atoms with Gasteiger partial charge in [0.1, 0.15) is 12.4 Å². The summed E-state index contributed by atoms with van der Waals surface area (Å²) in [6.07, 6.45) is 4.45. The Kier molecular flexibility index (Phi) is 6.24. The van der Waals surface area contributed by atoms with E-state index >= 15 is 0 Å². The molecule has 26 heavy (non-hydrogen) atoms. The second kappa shape index (κ2) is 9.03. The van der Waals surface area contributed by atoms with Crippen molar-refractivity contribution in [1.82, 2.24) is 20.2 Å². The fourth-order valence-corrected chi connectivity index (χ4v) is 2.86. The molecule has 0 radical (unpaired) electrons. The van der Waals surface area contributed by atoms with Gasteiger partial charge in [-0.1, -0.05) is 19.1 Å². The van der Waals surface area contributed by atoms with Crippen molar-refractivity contribution in [2.75, 3.05) is 44.2 Å². The minimum Gasteiger partial charge on any atom is -0.492 e. The molecule has 0 unspecified atom stereocenters. The van der Waals surface area contributed by atoms with Crippen molar-refractivity contribution >= 4 is 12.0 Å². The van der Waals surface area contributed by atoms with Crippen LogP contribution in [0.25, 0.3) is 0 Å². The number of urea groups is 1. The van der Waals surface area contributed by atoms with Gasteiger partial charge in [-0.05, 0) is 30.2 Å². The summed E-state index contributed by atoms with van der Waals surface area (Å²) >= 11 is 0. The maximum absolute atomic E-state index is 12.3. The zero-order valence-electron chi connectivity index (χ0n) is 15.1. The summed E-state index contributed by atoms with van der Waals surface area (Å²) in [4.78, 5) is 24.7. The Labute approximate surface area is 154 Å². The van der Waals surface area contributed by atoms with Crippen molar-refractivity contribution < 1.29 is 9.53 Å². The predicted octanol–water partition coefficient (Wildman–Crippen LogP) is 1.95. The highest BCUT2D eigenvalue weighted by molar-refractivity contribution is 5.74. The lowest BCUT2D eigenvalue weighted by Crippen LogP contribution is -2.52. The smallest absolute Gasteiger partial charge is 0.317 e. The average molecular weight is 355 g/mol.